The summed E-state index contributed by atoms with van der Waals surface area (Å²) >= 11 is 0. The van der Waals surface area contributed by atoms with Crippen molar-refractivity contribution in [3.8, 4) is 5.75 Å². The molecule has 1 aliphatic rings. The lowest BCUT2D eigenvalue weighted by Crippen LogP contribution is -2.17. The van der Waals surface area contributed by atoms with Crippen molar-refractivity contribution in [2.75, 3.05) is 31.1 Å². The Morgan fingerprint density at radius 3 is 3.00 bits per heavy atom. The Hall–Kier alpha value is -1.42. The van der Waals surface area contributed by atoms with Crippen LogP contribution in [-0.2, 0) is 4.84 Å². The summed E-state index contributed by atoms with van der Waals surface area (Å²) < 4.78 is 5.13. The quantitative estimate of drug-likeness (QED) is 0.723. The summed E-state index contributed by atoms with van der Waals surface area (Å²) in [7, 11) is 1.64. The van der Waals surface area contributed by atoms with E-state index in [0.717, 1.165) is 31.0 Å². The Bertz CT molecular complexity index is 322. The number of hydroxylamine groups is 1. The highest BCUT2D eigenvalue weighted by molar-refractivity contribution is 5.68. The minimum absolute atomic E-state index is 0.715. The van der Waals surface area contributed by atoms with Crippen LogP contribution in [0.4, 0.5) is 11.4 Å². The highest BCUT2D eigenvalue weighted by Gasteiger charge is 2.16. The molecule has 0 radical (unpaired) electrons. The molecular formula is C10H14N2O2. The third-order valence-corrected chi connectivity index (χ3v) is 2.26. The minimum atomic E-state index is 0.715. The van der Waals surface area contributed by atoms with Crippen LogP contribution in [0, 0.1) is 0 Å². The summed E-state index contributed by atoms with van der Waals surface area (Å²) in [5, 5.41) is 1.82. The molecule has 0 amide bonds. The van der Waals surface area contributed by atoms with Crippen molar-refractivity contribution in [3.63, 3.8) is 0 Å². The number of nitrogens with zero attached hydrogens (tertiary/aromatic N) is 1. The molecule has 1 saturated heterocycles. The molecule has 0 saturated carbocycles. The van der Waals surface area contributed by atoms with Gasteiger partial charge in [0.05, 0.1) is 25.1 Å². The van der Waals surface area contributed by atoms with Crippen molar-refractivity contribution in [1.82, 2.24) is 0 Å². The first kappa shape index (κ1) is 9.15. The average Bonchev–Trinajstić information content (AvgIpc) is 2.71. The van der Waals surface area contributed by atoms with Gasteiger partial charge in [-0.05, 0) is 18.6 Å². The van der Waals surface area contributed by atoms with Gasteiger partial charge in [0.15, 0.2) is 0 Å². The summed E-state index contributed by atoms with van der Waals surface area (Å²) in [6.45, 7) is 1.65. The fourth-order valence-electron chi connectivity index (χ4n) is 1.50. The van der Waals surface area contributed by atoms with E-state index in [2.05, 4.69) is 0 Å². The SMILES string of the molecule is COc1ccc(N)c(N2CCCO2)c1. The molecule has 4 heteroatoms. The van der Waals surface area contributed by atoms with Crippen molar-refractivity contribution in [2.45, 2.75) is 6.42 Å². The Balaban J connectivity index is 2.29. The van der Waals surface area contributed by atoms with E-state index in [1.54, 1.807) is 7.11 Å². The fraction of sp³-hybridized carbons (Fsp3) is 0.400. The molecule has 4 nitrogen and oxygen atoms in total. The van der Waals surface area contributed by atoms with Gasteiger partial charge in [0, 0.05) is 12.6 Å². The minimum Gasteiger partial charge on any atom is -0.497 e. The van der Waals surface area contributed by atoms with Gasteiger partial charge >= 0.3 is 0 Å². The second-order valence-corrected chi connectivity index (χ2v) is 3.21. The fourth-order valence-corrected chi connectivity index (χ4v) is 1.50. The van der Waals surface area contributed by atoms with Gasteiger partial charge in [-0.25, -0.2) is 0 Å². The van der Waals surface area contributed by atoms with Gasteiger partial charge in [0.1, 0.15) is 5.75 Å². The van der Waals surface area contributed by atoms with Gasteiger partial charge in [-0.1, -0.05) is 0 Å². The first-order valence-corrected chi connectivity index (χ1v) is 4.65. The summed E-state index contributed by atoms with van der Waals surface area (Å²) in [5.74, 6) is 0.796. The smallest absolute Gasteiger partial charge is 0.121 e. The second-order valence-electron chi connectivity index (χ2n) is 3.21. The number of anilines is 2. The number of ether oxygens (including phenoxy) is 1. The van der Waals surface area contributed by atoms with E-state index in [1.165, 1.54) is 0 Å². The maximum Gasteiger partial charge on any atom is 0.121 e. The van der Waals surface area contributed by atoms with Crippen LogP contribution in [-0.4, -0.2) is 20.3 Å². The molecule has 1 aromatic carbocycles. The van der Waals surface area contributed by atoms with Gasteiger partial charge in [-0.15, -0.1) is 0 Å². The normalized spacial score (nSPS) is 15.9. The zero-order valence-corrected chi connectivity index (χ0v) is 8.19. The van der Waals surface area contributed by atoms with E-state index in [9.17, 15) is 0 Å². The van der Waals surface area contributed by atoms with E-state index < -0.39 is 0 Å². The molecule has 0 unspecified atom stereocenters. The molecule has 0 atom stereocenters. The van der Waals surface area contributed by atoms with E-state index in [1.807, 2.05) is 23.3 Å². The molecule has 76 valence electrons. The van der Waals surface area contributed by atoms with Gasteiger partial charge in [0.25, 0.3) is 0 Å². The van der Waals surface area contributed by atoms with Crippen LogP contribution in [0.2, 0.25) is 0 Å². The largest absolute Gasteiger partial charge is 0.497 e. The van der Waals surface area contributed by atoms with Crippen LogP contribution in [0.5, 0.6) is 5.75 Å². The zero-order chi connectivity index (χ0) is 9.97. The summed E-state index contributed by atoms with van der Waals surface area (Å²) in [6, 6.07) is 5.56. The van der Waals surface area contributed by atoms with Crippen molar-refractivity contribution in [2.24, 2.45) is 0 Å². The standard InChI is InChI=1S/C10H14N2O2/c1-13-8-3-4-9(11)10(7-8)12-5-2-6-14-12/h3-4,7H,2,5-6,11H2,1H3. The number of benzene rings is 1. The van der Waals surface area contributed by atoms with E-state index in [-0.39, 0.29) is 0 Å². The summed E-state index contributed by atoms with van der Waals surface area (Å²) in [4.78, 5) is 5.42. The molecule has 0 bridgehead atoms. The van der Waals surface area contributed by atoms with Gasteiger partial charge in [-0.3, -0.25) is 9.90 Å². The lowest BCUT2D eigenvalue weighted by molar-refractivity contribution is 0.168. The number of nitrogen functional groups attached to an aromatic ring is 1. The lowest BCUT2D eigenvalue weighted by atomic mass is 10.2. The van der Waals surface area contributed by atoms with E-state index >= 15 is 0 Å². The maximum atomic E-state index is 5.85. The third kappa shape index (κ3) is 1.61. The Morgan fingerprint density at radius 2 is 2.36 bits per heavy atom. The van der Waals surface area contributed by atoms with Gasteiger partial charge in [0.2, 0.25) is 0 Å². The Kier molecular flexibility index (Phi) is 2.45. The molecule has 1 heterocycles. The number of rotatable bonds is 2. The monoisotopic (exact) mass is 194 g/mol. The third-order valence-electron chi connectivity index (χ3n) is 2.26. The number of hydrogen-bond donors (Lipinski definition) is 1. The van der Waals surface area contributed by atoms with E-state index in [0.29, 0.717) is 5.69 Å². The van der Waals surface area contributed by atoms with E-state index in [4.69, 9.17) is 15.3 Å². The molecule has 0 aliphatic carbocycles. The molecule has 0 aromatic heterocycles. The predicted molar refractivity (Wildman–Crippen MR) is 55.3 cm³/mol. The summed E-state index contributed by atoms with van der Waals surface area (Å²) in [6.07, 6.45) is 1.04. The molecule has 2 N–H and O–H groups in total. The van der Waals surface area contributed by atoms with Gasteiger partial charge in [-0.2, -0.15) is 0 Å². The second kappa shape index (κ2) is 3.75. The molecule has 0 spiro atoms. The summed E-state index contributed by atoms with van der Waals surface area (Å²) in [5.41, 5.74) is 7.45. The molecule has 14 heavy (non-hydrogen) atoms. The highest BCUT2D eigenvalue weighted by Crippen LogP contribution is 2.29. The van der Waals surface area contributed by atoms with Crippen molar-refractivity contribution >= 4 is 11.4 Å². The van der Waals surface area contributed by atoms with Crippen LogP contribution >= 0.6 is 0 Å². The maximum absolute atomic E-state index is 5.85. The van der Waals surface area contributed by atoms with Crippen molar-refractivity contribution in [3.05, 3.63) is 18.2 Å². The molecule has 1 fully saturated rings. The van der Waals surface area contributed by atoms with Crippen LogP contribution in [0.25, 0.3) is 0 Å². The van der Waals surface area contributed by atoms with Crippen LogP contribution in [0.1, 0.15) is 6.42 Å². The van der Waals surface area contributed by atoms with Gasteiger partial charge < -0.3 is 10.5 Å². The van der Waals surface area contributed by atoms with Crippen LogP contribution in [0.15, 0.2) is 18.2 Å². The van der Waals surface area contributed by atoms with Crippen LogP contribution in [0.3, 0.4) is 0 Å². The first-order chi connectivity index (χ1) is 6.81. The Labute approximate surface area is 83.2 Å². The van der Waals surface area contributed by atoms with Crippen LogP contribution < -0.4 is 15.5 Å². The molecule has 1 aliphatic heterocycles. The van der Waals surface area contributed by atoms with Crippen molar-refractivity contribution in [1.29, 1.82) is 0 Å². The van der Waals surface area contributed by atoms with Crippen molar-refractivity contribution < 1.29 is 9.57 Å². The highest BCUT2D eigenvalue weighted by atomic mass is 16.7. The number of nitrogens with two attached hydrogens (primary N) is 1. The molecular weight excluding hydrogens is 180 g/mol. The lowest BCUT2D eigenvalue weighted by Gasteiger charge is -2.18. The number of methoxy groups -OCH3 is 1. The predicted octanol–water partition coefficient (Wildman–Crippen LogP) is 1.42. The zero-order valence-electron chi connectivity index (χ0n) is 8.19. The average molecular weight is 194 g/mol. The first-order valence-electron chi connectivity index (χ1n) is 4.65. The Morgan fingerprint density at radius 1 is 1.50 bits per heavy atom. The number of hydrogen-bond acceptors (Lipinski definition) is 4. The topological polar surface area (TPSA) is 47.7 Å². The molecule has 1 aromatic rings. The molecule has 2 rings (SSSR count).